The molecule has 1 saturated carbocycles. The fraction of sp³-hybridized carbons (Fsp3) is 0.786. The van der Waals surface area contributed by atoms with Crippen molar-refractivity contribution in [1.29, 1.82) is 0 Å². The minimum Gasteiger partial charge on any atom is -0.389 e. The molecule has 3 fully saturated rings. The summed E-state index contributed by atoms with van der Waals surface area (Å²) in [6.45, 7) is 2.53. The Labute approximate surface area is 118 Å². The van der Waals surface area contributed by atoms with Crippen LogP contribution < -0.4 is 5.32 Å². The van der Waals surface area contributed by atoms with Gasteiger partial charge in [-0.2, -0.15) is 5.10 Å². The molecule has 1 aromatic heterocycles. The largest absolute Gasteiger partial charge is 0.389 e. The molecule has 3 aliphatic rings. The van der Waals surface area contributed by atoms with Gasteiger partial charge in [-0.3, -0.25) is 4.68 Å². The summed E-state index contributed by atoms with van der Waals surface area (Å²) >= 11 is 0. The molecule has 0 aromatic carbocycles. The number of nitrogens with zero attached hydrogens (tertiary/aromatic N) is 2. The lowest BCUT2D eigenvalue weighted by molar-refractivity contribution is -0.169. The molecule has 1 aliphatic carbocycles. The van der Waals surface area contributed by atoms with Crippen LogP contribution >= 0.6 is 0 Å². The van der Waals surface area contributed by atoms with Gasteiger partial charge >= 0.3 is 0 Å². The highest BCUT2D eigenvalue weighted by Crippen LogP contribution is 2.36. The van der Waals surface area contributed by atoms with E-state index >= 15 is 0 Å². The van der Waals surface area contributed by atoms with E-state index in [0.29, 0.717) is 12.6 Å². The van der Waals surface area contributed by atoms with Crippen LogP contribution in [0.15, 0.2) is 12.4 Å². The molecule has 0 amide bonds. The Kier molecular flexibility index (Phi) is 3.07. The van der Waals surface area contributed by atoms with Gasteiger partial charge in [-0.05, 0) is 25.3 Å². The van der Waals surface area contributed by atoms with E-state index in [1.807, 2.05) is 13.1 Å². The average molecular weight is 279 g/mol. The van der Waals surface area contributed by atoms with Crippen LogP contribution in [0.2, 0.25) is 0 Å². The lowest BCUT2D eigenvalue weighted by Crippen LogP contribution is -2.60. The zero-order valence-corrected chi connectivity index (χ0v) is 11.6. The van der Waals surface area contributed by atoms with Gasteiger partial charge in [0.1, 0.15) is 12.1 Å². The van der Waals surface area contributed by atoms with Crippen molar-refractivity contribution in [2.45, 2.75) is 62.8 Å². The molecule has 1 aromatic rings. The molecule has 4 rings (SSSR count). The Bertz CT molecular complexity index is 488. The van der Waals surface area contributed by atoms with Crippen LogP contribution in [-0.2, 0) is 9.47 Å². The van der Waals surface area contributed by atoms with Crippen molar-refractivity contribution >= 4 is 0 Å². The van der Waals surface area contributed by atoms with Gasteiger partial charge < -0.3 is 19.9 Å². The van der Waals surface area contributed by atoms with Gasteiger partial charge in [0.25, 0.3) is 0 Å². The van der Waals surface area contributed by atoms with Crippen LogP contribution in [0.5, 0.6) is 0 Å². The number of aliphatic hydroxyl groups is 1. The van der Waals surface area contributed by atoms with Crippen LogP contribution in [-0.4, -0.2) is 52.1 Å². The fourth-order valence-corrected chi connectivity index (χ4v) is 3.33. The first-order valence-corrected chi connectivity index (χ1v) is 7.44. The molecular weight excluding hydrogens is 258 g/mol. The molecule has 5 atom stereocenters. The first-order valence-electron chi connectivity index (χ1n) is 7.44. The van der Waals surface area contributed by atoms with Gasteiger partial charge in [0.15, 0.2) is 6.29 Å². The molecule has 2 bridgehead atoms. The minimum atomic E-state index is -0.541. The van der Waals surface area contributed by atoms with Gasteiger partial charge in [0, 0.05) is 12.2 Å². The number of rotatable bonds is 3. The summed E-state index contributed by atoms with van der Waals surface area (Å²) in [6, 6.07) is 0.156. The van der Waals surface area contributed by atoms with Crippen molar-refractivity contribution in [3.63, 3.8) is 0 Å². The van der Waals surface area contributed by atoms with Gasteiger partial charge in [0.05, 0.1) is 24.9 Å². The van der Waals surface area contributed by atoms with Gasteiger partial charge in [-0.15, -0.1) is 0 Å². The molecule has 110 valence electrons. The normalized spacial score (nSPS) is 40.8. The Morgan fingerprint density at radius 2 is 2.30 bits per heavy atom. The number of nitrogens with one attached hydrogen (secondary N) is 1. The van der Waals surface area contributed by atoms with Crippen molar-refractivity contribution in [3.8, 4) is 0 Å². The fourth-order valence-electron chi connectivity index (χ4n) is 3.33. The summed E-state index contributed by atoms with van der Waals surface area (Å²) in [5.74, 6) is 0. The van der Waals surface area contributed by atoms with Crippen molar-refractivity contribution < 1.29 is 14.6 Å². The first kappa shape index (κ1) is 12.8. The summed E-state index contributed by atoms with van der Waals surface area (Å²) in [5, 5.41) is 18.6. The van der Waals surface area contributed by atoms with E-state index in [-0.39, 0.29) is 18.2 Å². The highest BCUT2D eigenvalue weighted by molar-refractivity contribution is 5.06. The number of aryl methyl sites for hydroxylation is 1. The van der Waals surface area contributed by atoms with Gasteiger partial charge in [0.2, 0.25) is 0 Å². The van der Waals surface area contributed by atoms with Crippen molar-refractivity contribution in [2.24, 2.45) is 0 Å². The first-order chi connectivity index (χ1) is 9.72. The lowest BCUT2D eigenvalue weighted by atomic mass is 9.89. The molecule has 0 spiro atoms. The maximum atomic E-state index is 10.8. The van der Waals surface area contributed by atoms with Crippen molar-refractivity contribution in [1.82, 2.24) is 15.1 Å². The van der Waals surface area contributed by atoms with Gasteiger partial charge in [-0.25, -0.2) is 0 Å². The zero-order valence-electron chi connectivity index (χ0n) is 11.6. The Morgan fingerprint density at radius 1 is 1.45 bits per heavy atom. The highest BCUT2D eigenvalue weighted by atomic mass is 16.7. The average Bonchev–Trinajstić information content (AvgIpc) is 2.96. The Morgan fingerprint density at radius 3 is 2.95 bits per heavy atom. The summed E-state index contributed by atoms with van der Waals surface area (Å²) in [7, 11) is 0. The van der Waals surface area contributed by atoms with Crippen molar-refractivity contribution in [2.75, 3.05) is 6.61 Å². The van der Waals surface area contributed by atoms with Crippen LogP contribution in [0, 0.1) is 6.92 Å². The second kappa shape index (κ2) is 4.80. The molecule has 2 saturated heterocycles. The van der Waals surface area contributed by atoms with E-state index in [1.54, 1.807) is 10.9 Å². The number of hydrogen-bond donors (Lipinski definition) is 2. The third kappa shape index (κ3) is 1.98. The topological polar surface area (TPSA) is 68.5 Å². The Hall–Kier alpha value is -0.950. The monoisotopic (exact) mass is 279 g/mol. The number of aliphatic hydroxyl groups excluding tert-OH is 1. The number of ether oxygens (including phenoxy) is 2. The second-order valence-electron chi connectivity index (χ2n) is 6.18. The highest BCUT2D eigenvalue weighted by Gasteiger charge is 2.51. The SMILES string of the molecule is Cc1cnn(C2C3OCC(O3)C(NC3CCC3)C2O)c1. The molecule has 2 N–H and O–H groups in total. The molecule has 5 unspecified atom stereocenters. The third-order valence-electron chi connectivity index (χ3n) is 4.70. The van der Waals surface area contributed by atoms with E-state index in [9.17, 15) is 5.11 Å². The predicted octanol–water partition coefficient (Wildman–Crippen LogP) is 0.359. The molecule has 6 nitrogen and oxygen atoms in total. The third-order valence-corrected chi connectivity index (χ3v) is 4.70. The van der Waals surface area contributed by atoms with Crippen LogP contribution in [0.4, 0.5) is 0 Å². The summed E-state index contributed by atoms with van der Waals surface area (Å²) in [4.78, 5) is 0. The number of fused-ring (bicyclic) bond motifs is 2. The second-order valence-corrected chi connectivity index (χ2v) is 6.18. The van der Waals surface area contributed by atoms with Gasteiger partial charge in [-0.1, -0.05) is 6.42 Å². The van der Waals surface area contributed by atoms with E-state index in [1.165, 1.54) is 19.3 Å². The molecule has 3 heterocycles. The summed E-state index contributed by atoms with van der Waals surface area (Å²) in [5.41, 5.74) is 1.07. The molecule has 2 aliphatic heterocycles. The predicted molar refractivity (Wildman–Crippen MR) is 71.2 cm³/mol. The molecule has 0 radical (unpaired) electrons. The van der Waals surface area contributed by atoms with Crippen LogP contribution in [0.3, 0.4) is 0 Å². The number of hydrogen-bond acceptors (Lipinski definition) is 5. The maximum Gasteiger partial charge on any atom is 0.183 e. The van der Waals surface area contributed by atoms with Crippen molar-refractivity contribution in [3.05, 3.63) is 18.0 Å². The molecule has 20 heavy (non-hydrogen) atoms. The lowest BCUT2D eigenvalue weighted by Gasteiger charge is -2.42. The quantitative estimate of drug-likeness (QED) is 0.836. The molecular formula is C14H21N3O3. The van der Waals surface area contributed by atoms with E-state index in [0.717, 1.165) is 5.56 Å². The standard InChI is InChI=1S/C14H21N3O3/c1-8-5-15-17(6-8)12-13(18)11(16-9-3-2-4-9)10-7-19-14(12)20-10/h5-6,9-14,16,18H,2-4,7H2,1H3. The summed E-state index contributed by atoms with van der Waals surface area (Å²) in [6.07, 6.45) is 6.38. The van der Waals surface area contributed by atoms with Crippen LogP contribution in [0.25, 0.3) is 0 Å². The van der Waals surface area contributed by atoms with Crippen LogP contribution in [0.1, 0.15) is 30.9 Å². The van der Waals surface area contributed by atoms with E-state index < -0.39 is 12.4 Å². The maximum absolute atomic E-state index is 10.8. The smallest absolute Gasteiger partial charge is 0.183 e. The zero-order chi connectivity index (χ0) is 13.7. The van der Waals surface area contributed by atoms with E-state index in [4.69, 9.17) is 9.47 Å². The molecule has 6 heteroatoms. The number of aromatic nitrogens is 2. The summed E-state index contributed by atoms with van der Waals surface area (Å²) < 4.78 is 13.4. The minimum absolute atomic E-state index is 0.0523. The Balaban J connectivity index is 1.58. The van der Waals surface area contributed by atoms with E-state index in [2.05, 4.69) is 10.4 Å².